The Balaban J connectivity index is 1.70. The van der Waals surface area contributed by atoms with E-state index in [2.05, 4.69) is 10.1 Å². The van der Waals surface area contributed by atoms with Gasteiger partial charge >= 0.3 is 0 Å². The van der Waals surface area contributed by atoms with Crippen LogP contribution in [0, 0.1) is 0 Å². The molecule has 1 saturated heterocycles. The lowest BCUT2D eigenvalue weighted by atomic mass is 10.1. The van der Waals surface area contributed by atoms with Crippen LogP contribution in [0.4, 0.5) is 0 Å². The fraction of sp³-hybridized carbons (Fsp3) is 0.357. The zero-order valence-electron chi connectivity index (χ0n) is 10.2. The van der Waals surface area contributed by atoms with Gasteiger partial charge in [0.1, 0.15) is 5.69 Å². The Labute approximate surface area is 106 Å². The van der Waals surface area contributed by atoms with Gasteiger partial charge in [-0.3, -0.25) is 4.90 Å². The van der Waals surface area contributed by atoms with Gasteiger partial charge in [0.25, 0.3) is 0 Å². The fourth-order valence-electron chi connectivity index (χ4n) is 2.36. The molecule has 1 aromatic heterocycles. The molecule has 2 aromatic rings. The standard InChI is InChI=1S/C14H17N3O/c15-12-6-7-17(9-12)10-13-8-14(16-18-13)11-4-2-1-3-5-11/h1-5,8,12H,6-7,9-10,15H2/t12-/m0/s1. The van der Waals surface area contributed by atoms with Crippen molar-refractivity contribution in [2.75, 3.05) is 13.1 Å². The topological polar surface area (TPSA) is 55.3 Å². The molecule has 1 aliphatic rings. The van der Waals surface area contributed by atoms with Crippen LogP contribution in [0.15, 0.2) is 40.9 Å². The maximum atomic E-state index is 5.89. The van der Waals surface area contributed by atoms with Crippen LogP contribution in [0.2, 0.25) is 0 Å². The summed E-state index contributed by atoms with van der Waals surface area (Å²) < 4.78 is 5.38. The van der Waals surface area contributed by atoms with Crippen LogP contribution in [-0.2, 0) is 6.54 Å². The highest BCUT2D eigenvalue weighted by Crippen LogP contribution is 2.20. The number of likely N-dealkylation sites (tertiary alicyclic amines) is 1. The van der Waals surface area contributed by atoms with Gasteiger partial charge in [0.05, 0.1) is 6.54 Å². The van der Waals surface area contributed by atoms with Crippen LogP contribution in [0.5, 0.6) is 0 Å². The Morgan fingerprint density at radius 2 is 2.17 bits per heavy atom. The summed E-state index contributed by atoms with van der Waals surface area (Å²) in [7, 11) is 0. The second kappa shape index (κ2) is 4.92. The minimum absolute atomic E-state index is 0.307. The molecule has 1 atom stereocenters. The molecule has 0 bridgehead atoms. The molecule has 2 N–H and O–H groups in total. The predicted molar refractivity (Wildman–Crippen MR) is 69.8 cm³/mol. The summed E-state index contributed by atoms with van der Waals surface area (Å²) in [4.78, 5) is 2.31. The van der Waals surface area contributed by atoms with E-state index in [1.165, 1.54) is 0 Å². The van der Waals surface area contributed by atoms with Crippen molar-refractivity contribution in [3.63, 3.8) is 0 Å². The number of benzene rings is 1. The van der Waals surface area contributed by atoms with Crippen molar-refractivity contribution in [1.29, 1.82) is 0 Å². The number of nitrogens with zero attached hydrogens (tertiary/aromatic N) is 2. The monoisotopic (exact) mass is 243 g/mol. The summed E-state index contributed by atoms with van der Waals surface area (Å²) in [6.07, 6.45) is 1.07. The maximum Gasteiger partial charge on any atom is 0.151 e. The zero-order valence-corrected chi connectivity index (χ0v) is 10.2. The molecule has 18 heavy (non-hydrogen) atoms. The van der Waals surface area contributed by atoms with Crippen LogP contribution in [0.1, 0.15) is 12.2 Å². The molecule has 0 saturated carbocycles. The second-order valence-electron chi connectivity index (χ2n) is 4.83. The lowest BCUT2D eigenvalue weighted by Gasteiger charge is -2.11. The van der Waals surface area contributed by atoms with Gasteiger partial charge in [0, 0.05) is 30.8 Å². The number of hydrogen-bond donors (Lipinski definition) is 1. The molecular weight excluding hydrogens is 226 g/mol. The average molecular weight is 243 g/mol. The van der Waals surface area contributed by atoms with Crippen molar-refractivity contribution in [3.8, 4) is 11.3 Å². The second-order valence-corrected chi connectivity index (χ2v) is 4.83. The molecule has 0 radical (unpaired) electrons. The summed E-state index contributed by atoms with van der Waals surface area (Å²) in [5.74, 6) is 0.906. The molecule has 4 heteroatoms. The molecule has 2 heterocycles. The number of rotatable bonds is 3. The van der Waals surface area contributed by atoms with Gasteiger partial charge in [-0.05, 0) is 6.42 Å². The Morgan fingerprint density at radius 3 is 2.89 bits per heavy atom. The molecule has 0 aliphatic carbocycles. The SMILES string of the molecule is N[C@H]1CCN(Cc2cc(-c3ccccc3)no2)C1. The molecule has 0 unspecified atom stereocenters. The number of aromatic nitrogens is 1. The summed E-state index contributed by atoms with van der Waals surface area (Å²) in [6, 6.07) is 12.4. The third kappa shape index (κ3) is 2.44. The molecule has 0 amide bonds. The van der Waals surface area contributed by atoms with Crippen molar-refractivity contribution in [2.45, 2.75) is 19.0 Å². The molecule has 94 valence electrons. The minimum Gasteiger partial charge on any atom is -0.359 e. The Morgan fingerprint density at radius 1 is 1.33 bits per heavy atom. The normalized spacial score (nSPS) is 20.4. The molecule has 0 spiro atoms. The summed E-state index contributed by atoms with van der Waals surface area (Å²) in [5, 5.41) is 4.11. The van der Waals surface area contributed by atoms with Gasteiger partial charge < -0.3 is 10.3 Å². The van der Waals surface area contributed by atoms with Gasteiger partial charge in [0.15, 0.2) is 5.76 Å². The lowest BCUT2D eigenvalue weighted by molar-refractivity contribution is 0.272. The third-order valence-corrected chi connectivity index (χ3v) is 3.32. The van der Waals surface area contributed by atoms with Crippen LogP contribution < -0.4 is 5.73 Å². The first-order valence-electron chi connectivity index (χ1n) is 6.30. The first-order chi connectivity index (χ1) is 8.81. The van der Waals surface area contributed by atoms with E-state index in [1.54, 1.807) is 0 Å². The first-order valence-corrected chi connectivity index (χ1v) is 6.30. The van der Waals surface area contributed by atoms with E-state index < -0.39 is 0 Å². The van der Waals surface area contributed by atoms with Crippen molar-refractivity contribution in [2.24, 2.45) is 5.73 Å². The van der Waals surface area contributed by atoms with Crippen molar-refractivity contribution in [1.82, 2.24) is 10.1 Å². The Bertz CT molecular complexity index is 509. The van der Waals surface area contributed by atoms with Crippen molar-refractivity contribution < 1.29 is 4.52 Å². The van der Waals surface area contributed by atoms with Crippen LogP contribution in [-0.4, -0.2) is 29.2 Å². The molecule has 4 nitrogen and oxygen atoms in total. The van der Waals surface area contributed by atoms with E-state index in [9.17, 15) is 0 Å². The van der Waals surface area contributed by atoms with Gasteiger partial charge in [-0.15, -0.1) is 0 Å². The maximum absolute atomic E-state index is 5.89. The molecule has 3 rings (SSSR count). The van der Waals surface area contributed by atoms with E-state index in [0.717, 1.165) is 43.1 Å². The van der Waals surface area contributed by atoms with Crippen LogP contribution in [0.3, 0.4) is 0 Å². The van der Waals surface area contributed by atoms with E-state index in [-0.39, 0.29) is 0 Å². The van der Waals surface area contributed by atoms with E-state index in [1.807, 2.05) is 36.4 Å². The van der Waals surface area contributed by atoms with E-state index in [0.29, 0.717) is 6.04 Å². The van der Waals surface area contributed by atoms with Gasteiger partial charge in [-0.2, -0.15) is 0 Å². The van der Waals surface area contributed by atoms with Gasteiger partial charge in [-0.1, -0.05) is 35.5 Å². The van der Waals surface area contributed by atoms with Crippen molar-refractivity contribution in [3.05, 3.63) is 42.2 Å². The Kier molecular flexibility index (Phi) is 3.13. The highest BCUT2D eigenvalue weighted by atomic mass is 16.5. The quantitative estimate of drug-likeness (QED) is 0.894. The summed E-state index contributed by atoms with van der Waals surface area (Å²) >= 11 is 0. The van der Waals surface area contributed by atoms with Crippen LogP contribution >= 0.6 is 0 Å². The molecular formula is C14H17N3O. The van der Waals surface area contributed by atoms with Crippen LogP contribution in [0.25, 0.3) is 11.3 Å². The number of hydrogen-bond acceptors (Lipinski definition) is 4. The predicted octanol–water partition coefficient (Wildman–Crippen LogP) is 1.87. The van der Waals surface area contributed by atoms with Gasteiger partial charge in [0.2, 0.25) is 0 Å². The van der Waals surface area contributed by atoms with E-state index in [4.69, 9.17) is 10.3 Å². The third-order valence-electron chi connectivity index (χ3n) is 3.32. The molecule has 1 fully saturated rings. The van der Waals surface area contributed by atoms with Gasteiger partial charge in [-0.25, -0.2) is 0 Å². The van der Waals surface area contributed by atoms with E-state index >= 15 is 0 Å². The highest BCUT2D eigenvalue weighted by molar-refractivity contribution is 5.58. The highest BCUT2D eigenvalue weighted by Gasteiger charge is 2.20. The zero-order chi connectivity index (χ0) is 12.4. The average Bonchev–Trinajstić information content (AvgIpc) is 3.01. The Hall–Kier alpha value is -1.65. The fourth-order valence-corrected chi connectivity index (χ4v) is 2.36. The van der Waals surface area contributed by atoms with Crippen molar-refractivity contribution >= 4 is 0 Å². The summed E-state index contributed by atoms with van der Waals surface area (Å²) in [6.45, 7) is 2.79. The first kappa shape index (κ1) is 11.4. The minimum atomic E-state index is 0.307. The lowest BCUT2D eigenvalue weighted by Crippen LogP contribution is -2.26. The smallest absolute Gasteiger partial charge is 0.151 e. The summed E-state index contributed by atoms with van der Waals surface area (Å²) in [5.41, 5.74) is 7.87. The molecule has 1 aromatic carbocycles. The molecule has 1 aliphatic heterocycles. The largest absolute Gasteiger partial charge is 0.359 e. The number of nitrogens with two attached hydrogens (primary N) is 1.